The van der Waals surface area contributed by atoms with Gasteiger partial charge in [0.1, 0.15) is 17.3 Å². The van der Waals surface area contributed by atoms with E-state index >= 15 is 0 Å². The molecular formula is C19H21F2NO2S. The molecule has 3 nitrogen and oxygen atoms in total. The van der Waals surface area contributed by atoms with Crippen LogP contribution in [0.5, 0.6) is 5.75 Å². The van der Waals surface area contributed by atoms with E-state index in [4.69, 9.17) is 9.94 Å². The van der Waals surface area contributed by atoms with Crippen molar-refractivity contribution in [3.05, 3.63) is 53.1 Å². The summed E-state index contributed by atoms with van der Waals surface area (Å²) in [6, 6.07) is 7.78. The molecule has 0 aliphatic heterocycles. The summed E-state index contributed by atoms with van der Waals surface area (Å²) >= 11 is 1.46. The predicted molar refractivity (Wildman–Crippen MR) is 96.2 cm³/mol. The fourth-order valence-corrected chi connectivity index (χ4v) is 3.53. The third-order valence-corrected chi connectivity index (χ3v) is 5.38. The Morgan fingerprint density at radius 1 is 1.24 bits per heavy atom. The predicted octanol–water partition coefficient (Wildman–Crippen LogP) is 5.03. The maximum atomic E-state index is 14.2. The van der Waals surface area contributed by atoms with E-state index in [2.05, 4.69) is 5.48 Å². The monoisotopic (exact) mass is 365 g/mol. The van der Waals surface area contributed by atoms with Crippen molar-refractivity contribution in [2.45, 2.75) is 37.0 Å². The summed E-state index contributed by atoms with van der Waals surface area (Å²) in [7, 11) is 0. The molecule has 0 amide bonds. The van der Waals surface area contributed by atoms with Gasteiger partial charge in [0.25, 0.3) is 0 Å². The number of hydrogen-bond acceptors (Lipinski definition) is 4. The van der Waals surface area contributed by atoms with Gasteiger partial charge < -0.3 is 9.94 Å². The third kappa shape index (κ3) is 4.64. The molecule has 0 radical (unpaired) electrons. The van der Waals surface area contributed by atoms with Crippen molar-refractivity contribution in [2.24, 2.45) is 0 Å². The SMILES string of the molecule is Cc1c(ONc2ccc(C3CC3)cc2F)cc(F)cc1SCCCO. The molecule has 0 saturated heterocycles. The normalized spacial score (nSPS) is 13.8. The lowest BCUT2D eigenvalue weighted by Crippen LogP contribution is -2.08. The molecule has 134 valence electrons. The van der Waals surface area contributed by atoms with Gasteiger partial charge in [-0.1, -0.05) is 6.07 Å². The quantitative estimate of drug-likeness (QED) is 0.391. The highest BCUT2D eigenvalue weighted by Gasteiger charge is 2.24. The van der Waals surface area contributed by atoms with Crippen molar-refractivity contribution in [1.29, 1.82) is 0 Å². The maximum absolute atomic E-state index is 14.2. The number of rotatable bonds is 8. The van der Waals surface area contributed by atoms with Crippen molar-refractivity contribution in [3.8, 4) is 5.75 Å². The largest absolute Gasteiger partial charge is 0.396 e. The van der Waals surface area contributed by atoms with Gasteiger partial charge in [0.2, 0.25) is 0 Å². The molecule has 1 aliphatic rings. The fourth-order valence-electron chi connectivity index (χ4n) is 2.53. The number of halogens is 2. The summed E-state index contributed by atoms with van der Waals surface area (Å²) < 4.78 is 28.0. The summed E-state index contributed by atoms with van der Waals surface area (Å²) in [6.45, 7) is 1.92. The number of aliphatic hydroxyl groups excluding tert-OH is 1. The number of nitrogens with one attached hydrogen (secondary N) is 1. The Labute approximate surface area is 150 Å². The number of aliphatic hydroxyl groups is 1. The zero-order valence-electron chi connectivity index (χ0n) is 14.0. The molecule has 0 bridgehead atoms. The molecule has 1 saturated carbocycles. The molecule has 2 N–H and O–H groups in total. The lowest BCUT2D eigenvalue weighted by molar-refractivity contribution is 0.296. The van der Waals surface area contributed by atoms with Crippen LogP contribution in [0.4, 0.5) is 14.5 Å². The molecule has 0 atom stereocenters. The lowest BCUT2D eigenvalue weighted by Gasteiger charge is -2.14. The molecule has 2 aromatic rings. The highest BCUT2D eigenvalue weighted by Crippen LogP contribution is 2.40. The van der Waals surface area contributed by atoms with Gasteiger partial charge in [0, 0.05) is 28.9 Å². The van der Waals surface area contributed by atoms with Crippen LogP contribution >= 0.6 is 11.8 Å². The Hall–Kier alpha value is -1.79. The molecule has 0 unspecified atom stereocenters. The van der Waals surface area contributed by atoms with E-state index in [1.165, 1.54) is 30.0 Å². The average molecular weight is 365 g/mol. The highest BCUT2D eigenvalue weighted by molar-refractivity contribution is 7.99. The number of thioether (sulfide) groups is 1. The fraction of sp³-hybridized carbons (Fsp3) is 0.368. The summed E-state index contributed by atoms with van der Waals surface area (Å²) in [5.41, 5.74) is 4.59. The minimum Gasteiger partial charge on any atom is -0.396 e. The van der Waals surface area contributed by atoms with Gasteiger partial charge in [0.05, 0.1) is 0 Å². The zero-order chi connectivity index (χ0) is 17.8. The van der Waals surface area contributed by atoms with E-state index in [1.807, 2.05) is 13.0 Å². The van der Waals surface area contributed by atoms with E-state index < -0.39 is 5.82 Å². The van der Waals surface area contributed by atoms with Gasteiger partial charge in [-0.3, -0.25) is 0 Å². The maximum Gasteiger partial charge on any atom is 0.161 e. The minimum absolute atomic E-state index is 0.0996. The summed E-state index contributed by atoms with van der Waals surface area (Å²) in [5, 5.41) is 8.86. The van der Waals surface area contributed by atoms with E-state index in [0.717, 1.165) is 28.9 Å². The van der Waals surface area contributed by atoms with Crippen molar-refractivity contribution in [2.75, 3.05) is 17.8 Å². The molecule has 1 fully saturated rings. The summed E-state index contributed by atoms with van der Waals surface area (Å²) in [6.07, 6.45) is 2.86. The van der Waals surface area contributed by atoms with Crippen LogP contribution < -0.4 is 10.3 Å². The van der Waals surface area contributed by atoms with Crippen LogP contribution in [0.2, 0.25) is 0 Å². The Bertz CT molecular complexity index is 750. The molecule has 3 rings (SSSR count). The Kier molecular flexibility index (Phi) is 5.81. The molecule has 6 heteroatoms. The van der Waals surface area contributed by atoms with Crippen molar-refractivity contribution in [1.82, 2.24) is 0 Å². The van der Waals surface area contributed by atoms with Gasteiger partial charge in [-0.25, -0.2) is 14.3 Å². The average Bonchev–Trinajstić information content (AvgIpc) is 3.42. The van der Waals surface area contributed by atoms with Crippen LogP contribution in [0, 0.1) is 18.6 Å². The van der Waals surface area contributed by atoms with E-state index in [0.29, 0.717) is 23.8 Å². The van der Waals surface area contributed by atoms with Gasteiger partial charge in [0.15, 0.2) is 5.75 Å². The molecule has 0 heterocycles. The third-order valence-electron chi connectivity index (χ3n) is 4.15. The number of hydrogen-bond donors (Lipinski definition) is 2. The molecule has 1 aliphatic carbocycles. The highest BCUT2D eigenvalue weighted by atomic mass is 32.2. The first-order valence-electron chi connectivity index (χ1n) is 8.34. The molecular weight excluding hydrogens is 344 g/mol. The van der Waals surface area contributed by atoms with Crippen LogP contribution in [0.1, 0.15) is 36.3 Å². The molecule has 0 spiro atoms. The number of benzene rings is 2. The smallest absolute Gasteiger partial charge is 0.161 e. The minimum atomic E-state index is -0.418. The van der Waals surface area contributed by atoms with E-state index in [1.54, 1.807) is 6.07 Å². The topological polar surface area (TPSA) is 41.5 Å². The van der Waals surface area contributed by atoms with Crippen LogP contribution in [-0.4, -0.2) is 17.5 Å². The second-order valence-corrected chi connectivity index (χ2v) is 7.31. The van der Waals surface area contributed by atoms with Crippen molar-refractivity contribution < 1.29 is 18.7 Å². The second kappa shape index (κ2) is 8.06. The Morgan fingerprint density at radius 2 is 2.04 bits per heavy atom. The molecule has 25 heavy (non-hydrogen) atoms. The Balaban J connectivity index is 1.70. The van der Waals surface area contributed by atoms with Gasteiger partial charge >= 0.3 is 0 Å². The van der Waals surface area contributed by atoms with Crippen LogP contribution in [-0.2, 0) is 0 Å². The number of anilines is 1. The van der Waals surface area contributed by atoms with Crippen LogP contribution in [0.25, 0.3) is 0 Å². The second-order valence-electron chi connectivity index (χ2n) is 6.17. The zero-order valence-corrected chi connectivity index (χ0v) is 14.8. The standard InChI is InChI=1S/C19H21F2NO2S/c1-12-18(10-15(20)11-19(12)25-8-2-7-23)24-22-17-6-5-14(9-16(17)21)13-3-4-13/h5-6,9-11,13,22-23H,2-4,7-8H2,1H3. The van der Waals surface area contributed by atoms with E-state index in [9.17, 15) is 8.78 Å². The first-order chi connectivity index (χ1) is 12.1. The summed E-state index contributed by atoms with van der Waals surface area (Å²) in [5.74, 6) is 0.685. The summed E-state index contributed by atoms with van der Waals surface area (Å²) in [4.78, 5) is 6.20. The van der Waals surface area contributed by atoms with E-state index in [-0.39, 0.29) is 18.1 Å². The molecule has 0 aromatic heterocycles. The van der Waals surface area contributed by atoms with Crippen LogP contribution in [0.3, 0.4) is 0 Å². The van der Waals surface area contributed by atoms with Gasteiger partial charge in [-0.15, -0.1) is 11.8 Å². The Morgan fingerprint density at radius 3 is 2.72 bits per heavy atom. The van der Waals surface area contributed by atoms with Crippen LogP contribution in [0.15, 0.2) is 35.2 Å². The lowest BCUT2D eigenvalue weighted by atomic mass is 10.1. The first kappa shape index (κ1) is 18.0. The van der Waals surface area contributed by atoms with Gasteiger partial charge in [-0.05, 0) is 55.9 Å². The van der Waals surface area contributed by atoms with Gasteiger partial charge in [-0.2, -0.15) is 0 Å². The molecule has 2 aromatic carbocycles. The van der Waals surface area contributed by atoms with Crippen molar-refractivity contribution >= 4 is 17.4 Å². The van der Waals surface area contributed by atoms with Crippen molar-refractivity contribution in [3.63, 3.8) is 0 Å². The first-order valence-corrected chi connectivity index (χ1v) is 9.33.